The second kappa shape index (κ2) is 5.70. The third-order valence-corrected chi connectivity index (χ3v) is 3.26. The van der Waals surface area contributed by atoms with Gasteiger partial charge in [-0.15, -0.1) is 0 Å². The van der Waals surface area contributed by atoms with E-state index in [4.69, 9.17) is 4.74 Å². The summed E-state index contributed by atoms with van der Waals surface area (Å²) in [7, 11) is 1.33. The van der Waals surface area contributed by atoms with E-state index in [-0.39, 0.29) is 11.3 Å². The number of hydrogen-bond donors (Lipinski definition) is 1. The fourth-order valence-electron chi connectivity index (χ4n) is 2.37. The molecule has 3 nitrogen and oxygen atoms in total. The van der Waals surface area contributed by atoms with Gasteiger partial charge >= 0.3 is 5.97 Å². The number of carbonyl (C=O) groups excluding carboxylic acids is 1. The SMILES string of the molecule is COC(=O)/C(=C(\O)C(C)(C)C)c1c(C)cc(C)cc1C. The monoisotopic (exact) mass is 276 g/mol. The van der Waals surface area contributed by atoms with E-state index in [1.165, 1.54) is 7.11 Å². The normalized spacial score (nSPS) is 12.9. The molecule has 0 amide bonds. The van der Waals surface area contributed by atoms with Gasteiger partial charge in [-0.05, 0) is 37.5 Å². The van der Waals surface area contributed by atoms with Crippen LogP contribution in [-0.2, 0) is 9.53 Å². The van der Waals surface area contributed by atoms with Crippen molar-refractivity contribution in [2.45, 2.75) is 41.5 Å². The summed E-state index contributed by atoms with van der Waals surface area (Å²) in [5.41, 5.74) is 3.54. The molecule has 0 aliphatic heterocycles. The van der Waals surface area contributed by atoms with Gasteiger partial charge in [0.05, 0.1) is 7.11 Å². The largest absolute Gasteiger partial charge is 0.511 e. The molecular formula is C17H24O3. The molecule has 1 aromatic carbocycles. The number of aliphatic hydroxyl groups is 1. The van der Waals surface area contributed by atoms with Gasteiger partial charge in [0.15, 0.2) is 0 Å². The number of hydrogen-bond acceptors (Lipinski definition) is 3. The van der Waals surface area contributed by atoms with Crippen molar-refractivity contribution >= 4 is 11.5 Å². The topological polar surface area (TPSA) is 46.5 Å². The number of aliphatic hydroxyl groups excluding tert-OH is 1. The number of esters is 1. The fourth-order valence-corrected chi connectivity index (χ4v) is 2.37. The first-order chi connectivity index (χ1) is 9.09. The molecule has 0 fully saturated rings. The Morgan fingerprint density at radius 2 is 1.55 bits per heavy atom. The van der Waals surface area contributed by atoms with E-state index in [0.29, 0.717) is 0 Å². The predicted octanol–water partition coefficient (Wildman–Crippen LogP) is 4.10. The third-order valence-electron chi connectivity index (χ3n) is 3.26. The second-order valence-electron chi connectivity index (χ2n) is 6.24. The highest BCUT2D eigenvalue weighted by Gasteiger charge is 2.28. The summed E-state index contributed by atoms with van der Waals surface area (Å²) in [5.74, 6) is -0.452. The summed E-state index contributed by atoms with van der Waals surface area (Å²) in [6, 6.07) is 4.00. The summed E-state index contributed by atoms with van der Waals surface area (Å²) in [4.78, 5) is 12.1. The van der Waals surface area contributed by atoms with Crippen molar-refractivity contribution in [1.29, 1.82) is 0 Å². The molecule has 1 N–H and O–H groups in total. The number of carbonyl (C=O) groups is 1. The molecule has 0 spiro atoms. The summed E-state index contributed by atoms with van der Waals surface area (Å²) in [5, 5.41) is 10.5. The molecule has 0 aliphatic carbocycles. The van der Waals surface area contributed by atoms with Gasteiger partial charge in [-0.2, -0.15) is 0 Å². The first kappa shape index (κ1) is 16.3. The van der Waals surface area contributed by atoms with E-state index in [1.54, 1.807) is 0 Å². The molecule has 0 radical (unpaired) electrons. The van der Waals surface area contributed by atoms with Gasteiger partial charge in [-0.3, -0.25) is 0 Å². The van der Waals surface area contributed by atoms with Gasteiger partial charge < -0.3 is 9.84 Å². The van der Waals surface area contributed by atoms with Gasteiger partial charge in [0.1, 0.15) is 11.3 Å². The average Bonchev–Trinajstić information content (AvgIpc) is 2.30. The Hall–Kier alpha value is -1.77. The van der Waals surface area contributed by atoms with E-state index in [2.05, 4.69) is 0 Å². The first-order valence-corrected chi connectivity index (χ1v) is 6.69. The van der Waals surface area contributed by atoms with E-state index in [1.807, 2.05) is 53.7 Å². The van der Waals surface area contributed by atoms with Crippen LogP contribution >= 0.6 is 0 Å². The van der Waals surface area contributed by atoms with Crippen molar-refractivity contribution in [3.8, 4) is 0 Å². The molecule has 3 heteroatoms. The lowest BCUT2D eigenvalue weighted by Gasteiger charge is -2.23. The van der Waals surface area contributed by atoms with Crippen molar-refractivity contribution in [3.63, 3.8) is 0 Å². The molecule has 0 aromatic heterocycles. The standard InChI is InChI=1S/C17H24O3/c1-10-8-11(2)13(12(3)9-10)14(16(19)20-7)15(18)17(4,5)6/h8-9,18H,1-7H3/b15-14-. The number of allylic oxidation sites excluding steroid dienone is 1. The summed E-state index contributed by atoms with van der Waals surface area (Å²) < 4.78 is 4.87. The van der Waals surface area contributed by atoms with Crippen molar-refractivity contribution in [2.24, 2.45) is 5.41 Å². The van der Waals surface area contributed by atoms with Gasteiger partial charge in [0.2, 0.25) is 0 Å². The van der Waals surface area contributed by atoms with Gasteiger partial charge in [-0.25, -0.2) is 4.79 Å². The number of aryl methyl sites for hydroxylation is 3. The molecule has 20 heavy (non-hydrogen) atoms. The quantitative estimate of drug-likeness (QED) is 0.502. The van der Waals surface area contributed by atoms with Gasteiger partial charge in [0, 0.05) is 5.41 Å². The van der Waals surface area contributed by atoms with Crippen molar-refractivity contribution in [1.82, 2.24) is 0 Å². The molecule has 0 bridgehead atoms. The Morgan fingerprint density at radius 1 is 1.10 bits per heavy atom. The Balaban J connectivity index is 3.70. The molecule has 0 saturated heterocycles. The molecular weight excluding hydrogens is 252 g/mol. The van der Waals surface area contributed by atoms with Crippen LogP contribution in [-0.4, -0.2) is 18.2 Å². The Morgan fingerprint density at radius 3 is 1.90 bits per heavy atom. The highest BCUT2D eigenvalue weighted by atomic mass is 16.5. The maximum Gasteiger partial charge on any atom is 0.341 e. The first-order valence-electron chi connectivity index (χ1n) is 6.69. The second-order valence-corrected chi connectivity index (χ2v) is 6.24. The number of methoxy groups -OCH3 is 1. The van der Waals surface area contributed by atoms with Crippen molar-refractivity contribution < 1.29 is 14.6 Å². The van der Waals surface area contributed by atoms with E-state index >= 15 is 0 Å². The van der Waals surface area contributed by atoms with Crippen molar-refractivity contribution in [3.05, 3.63) is 40.1 Å². The number of rotatable bonds is 2. The zero-order valence-electron chi connectivity index (χ0n) is 13.4. The molecule has 0 atom stereocenters. The minimum atomic E-state index is -0.521. The van der Waals surface area contributed by atoms with Crippen molar-refractivity contribution in [2.75, 3.05) is 7.11 Å². The zero-order valence-corrected chi connectivity index (χ0v) is 13.4. The molecule has 0 aliphatic rings. The van der Waals surface area contributed by atoms with Crippen LogP contribution in [0.15, 0.2) is 17.9 Å². The Kier molecular flexibility index (Phi) is 4.64. The highest BCUT2D eigenvalue weighted by molar-refractivity contribution is 6.18. The van der Waals surface area contributed by atoms with Gasteiger partial charge in [0.25, 0.3) is 0 Å². The number of ether oxygens (including phenoxy) is 1. The lowest BCUT2D eigenvalue weighted by molar-refractivity contribution is -0.133. The van der Waals surface area contributed by atoms with Crippen LogP contribution in [0.3, 0.4) is 0 Å². The van der Waals surface area contributed by atoms with Crippen LogP contribution < -0.4 is 0 Å². The average molecular weight is 276 g/mol. The smallest absolute Gasteiger partial charge is 0.341 e. The third kappa shape index (κ3) is 3.21. The Bertz CT molecular complexity index is 537. The van der Waals surface area contributed by atoms with E-state index in [9.17, 15) is 9.90 Å². The molecule has 110 valence electrons. The minimum absolute atomic E-state index is 0.0550. The zero-order chi connectivity index (χ0) is 15.7. The van der Waals surface area contributed by atoms with Crippen LogP contribution in [0.25, 0.3) is 5.57 Å². The van der Waals surface area contributed by atoms with E-state index in [0.717, 1.165) is 22.3 Å². The van der Waals surface area contributed by atoms with Crippen LogP contribution in [0.2, 0.25) is 0 Å². The fraction of sp³-hybridized carbons (Fsp3) is 0.471. The molecule has 1 rings (SSSR count). The molecule has 0 unspecified atom stereocenters. The molecule has 0 saturated carbocycles. The van der Waals surface area contributed by atoms with Crippen LogP contribution in [0.1, 0.15) is 43.0 Å². The number of benzene rings is 1. The minimum Gasteiger partial charge on any atom is -0.511 e. The molecule has 1 aromatic rings. The maximum absolute atomic E-state index is 12.1. The molecule has 0 heterocycles. The highest BCUT2D eigenvalue weighted by Crippen LogP contribution is 2.34. The van der Waals surface area contributed by atoms with Crippen LogP contribution in [0.4, 0.5) is 0 Å². The van der Waals surface area contributed by atoms with E-state index < -0.39 is 11.4 Å². The maximum atomic E-state index is 12.1. The Labute approximate surface area is 121 Å². The predicted molar refractivity (Wildman–Crippen MR) is 81.7 cm³/mol. The lowest BCUT2D eigenvalue weighted by atomic mass is 9.85. The summed E-state index contributed by atoms with van der Waals surface area (Å²) in [6.07, 6.45) is 0. The van der Waals surface area contributed by atoms with Gasteiger partial charge in [-0.1, -0.05) is 38.5 Å². The van der Waals surface area contributed by atoms with Crippen LogP contribution in [0.5, 0.6) is 0 Å². The van der Waals surface area contributed by atoms with Crippen LogP contribution in [0, 0.1) is 26.2 Å². The summed E-state index contributed by atoms with van der Waals surface area (Å²) >= 11 is 0. The lowest BCUT2D eigenvalue weighted by Crippen LogP contribution is -2.17. The summed E-state index contributed by atoms with van der Waals surface area (Å²) in [6.45, 7) is 11.5.